The Labute approximate surface area is 169 Å². The van der Waals surface area contributed by atoms with E-state index in [-0.39, 0.29) is 12.7 Å². The van der Waals surface area contributed by atoms with Gasteiger partial charge in [-0.15, -0.1) is 0 Å². The molecule has 0 fully saturated rings. The van der Waals surface area contributed by atoms with Gasteiger partial charge < -0.3 is 14.2 Å². The third kappa shape index (κ3) is 5.94. The summed E-state index contributed by atoms with van der Waals surface area (Å²) in [6, 6.07) is 23.7. The van der Waals surface area contributed by atoms with Gasteiger partial charge in [0.1, 0.15) is 11.5 Å². The summed E-state index contributed by atoms with van der Waals surface area (Å²) in [7, 11) is 0. The Balaban J connectivity index is 1.50. The minimum absolute atomic E-state index is 0.195. The number of esters is 2. The lowest BCUT2D eigenvalue weighted by atomic mass is 10.1. The van der Waals surface area contributed by atoms with Crippen LogP contribution in [-0.2, 0) is 9.53 Å². The fourth-order valence-corrected chi connectivity index (χ4v) is 2.62. The van der Waals surface area contributed by atoms with Gasteiger partial charge in [0.25, 0.3) is 0 Å². The van der Waals surface area contributed by atoms with Gasteiger partial charge >= 0.3 is 11.9 Å². The minimum atomic E-state index is -0.533. The van der Waals surface area contributed by atoms with Gasteiger partial charge in [-0.1, -0.05) is 42.5 Å². The largest absolute Gasteiger partial charge is 0.482 e. The second-order valence-corrected chi connectivity index (χ2v) is 6.63. The highest BCUT2D eigenvalue weighted by Crippen LogP contribution is 2.22. The number of carbonyl (C=O) groups excluding carboxylic acids is 2. The molecule has 0 aliphatic heterocycles. The first kappa shape index (κ1) is 20.1. The van der Waals surface area contributed by atoms with Crippen molar-refractivity contribution in [1.29, 1.82) is 0 Å². The van der Waals surface area contributed by atoms with Crippen LogP contribution < -0.4 is 9.47 Å². The molecule has 3 aromatic carbocycles. The molecule has 0 aromatic heterocycles. The molecule has 0 unspecified atom stereocenters. The summed E-state index contributed by atoms with van der Waals surface area (Å²) in [4.78, 5) is 23.8. The molecule has 0 heterocycles. The van der Waals surface area contributed by atoms with E-state index in [0.29, 0.717) is 17.1 Å². The third-order valence-electron chi connectivity index (χ3n) is 3.98. The van der Waals surface area contributed by atoms with Crippen LogP contribution in [0.15, 0.2) is 78.9 Å². The number of hydrogen-bond acceptors (Lipinski definition) is 5. The predicted molar refractivity (Wildman–Crippen MR) is 110 cm³/mol. The van der Waals surface area contributed by atoms with Crippen LogP contribution in [0.3, 0.4) is 0 Å². The number of carbonyl (C=O) groups is 2. The SMILES string of the molecule is CC(C)OC(=O)c1ccc(OC(=O)COc2ccc(-c3ccccc3)cc2)cc1. The van der Waals surface area contributed by atoms with Crippen LogP contribution in [0, 0.1) is 0 Å². The molecule has 0 aliphatic rings. The highest BCUT2D eigenvalue weighted by atomic mass is 16.6. The van der Waals surface area contributed by atoms with Crippen LogP contribution in [-0.4, -0.2) is 24.6 Å². The average molecular weight is 390 g/mol. The molecular weight excluding hydrogens is 368 g/mol. The van der Waals surface area contributed by atoms with Crippen molar-refractivity contribution in [3.05, 3.63) is 84.4 Å². The number of ether oxygens (including phenoxy) is 3. The first-order chi connectivity index (χ1) is 14.0. The average Bonchev–Trinajstić information content (AvgIpc) is 2.73. The normalized spacial score (nSPS) is 10.4. The van der Waals surface area contributed by atoms with E-state index >= 15 is 0 Å². The van der Waals surface area contributed by atoms with Gasteiger partial charge in [-0.3, -0.25) is 0 Å². The van der Waals surface area contributed by atoms with Crippen LogP contribution in [0.2, 0.25) is 0 Å². The lowest BCUT2D eigenvalue weighted by Crippen LogP contribution is -2.17. The lowest BCUT2D eigenvalue weighted by molar-refractivity contribution is -0.136. The second kappa shape index (κ2) is 9.55. The summed E-state index contributed by atoms with van der Waals surface area (Å²) in [5.74, 6) is -0.0395. The molecule has 0 atom stereocenters. The van der Waals surface area contributed by atoms with Crippen molar-refractivity contribution in [2.45, 2.75) is 20.0 Å². The Kier molecular flexibility index (Phi) is 6.63. The van der Waals surface area contributed by atoms with E-state index in [4.69, 9.17) is 14.2 Å². The smallest absolute Gasteiger partial charge is 0.349 e. The molecule has 0 aliphatic carbocycles. The summed E-state index contributed by atoms with van der Waals surface area (Å²) >= 11 is 0. The van der Waals surface area contributed by atoms with Crippen molar-refractivity contribution in [3.63, 3.8) is 0 Å². The highest BCUT2D eigenvalue weighted by molar-refractivity contribution is 5.89. The van der Waals surface area contributed by atoms with E-state index in [1.54, 1.807) is 38.1 Å². The molecule has 148 valence electrons. The fraction of sp³-hybridized carbons (Fsp3) is 0.167. The van der Waals surface area contributed by atoms with Gasteiger partial charge in [0.2, 0.25) is 0 Å². The highest BCUT2D eigenvalue weighted by Gasteiger charge is 2.11. The van der Waals surface area contributed by atoms with Gasteiger partial charge in [-0.05, 0) is 61.4 Å². The van der Waals surface area contributed by atoms with Crippen molar-refractivity contribution >= 4 is 11.9 Å². The maximum Gasteiger partial charge on any atom is 0.349 e. The number of rotatable bonds is 7. The number of benzene rings is 3. The third-order valence-corrected chi connectivity index (χ3v) is 3.98. The first-order valence-electron chi connectivity index (χ1n) is 9.31. The van der Waals surface area contributed by atoms with Crippen LogP contribution in [0.25, 0.3) is 11.1 Å². The maximum absolute atomic E-state index is 12.0. The number of hydrogen-bond donors (Lipinski definition) is 0. The molecule has 0 bridgehead atoms. The zero-order valence-corrected chi connectivity index (χ0v) is 16.3. The van der Waals surface area contributed by atoms with Crippen molar-refractivity contribution in [1.82, 2.24) is 0 Å². The lowest BCUT2D eigenvalue weighted by Gasteiger charge is -2.09. The van der Waals surface area contributed by atoms with Gasteiger partial charge in [0, 0.05) is 0 Å². The van der Waals surface area contributed by atoms with Crippen molar-refractivity contribution in [2.24, 2.45) is 0 Å². The molecule has 0 spiro atoms. The quantitative estimate of drug-likeness (QED) is 0.424. The predicted octanol–water partition coefficient (Wildman–Crippen LogP) is 4.90. The molecule has 0 amide bonds. The molecule has 0 radical (unpaired) electrons. The summed E-state index contributed by atoms with van der Waals surface area (Å²) in [6.45, 7) is 3.34. The van der Waals surface area contributed by atoms with Gasteiger partial charge in [0.05, 0.1) is 11.7 Å². The molecular formula is C24H22O5. The summed E-state index contributed by atoms with van der Waals surface area (Å²) in [5, 5.41) is 0. The standard InChI is InChI=1S/C24H22O5/c1-17(2)28-24(26)20-10-14-22(15-11-20)29-23(25)16-27-21-12-8-19(9-13-21)18-6-4-3-5-7-18/h3-15,17H,16H2,1-2H3. The Morgan fingerprint density at radius 3 is 1.97 bits per heavy atom. The van der Waals surface area contributed by atoms with E-state index in [9.17, 15) is 9.59 Å². The Hall–Kier alpha value is -3.60. The fourth-order valence-electron chi connectivity index (χ4n) is 2.62. The van der Waals surface area contributed by atoms with E-state index in [1.165, 1.54) is 0 Å². The molecule has 0 N–H and O–H groups in total. The topological polar surface area (TPSA) is 61.8 Å². The maximum atomic E-state index is 12.0. The second-order valence-electron chi connectivity index (χ2n) is 6.63. The molecule has 5 heteroatoms. The van der Waals surface area contributed by atoms with E-state index < -0.39 is 11.9 Å². The van der Waals surface area contributed by atoms with Gasteiger partial charge in [-0.2, -0.15) is 0 Å². The Morgan fingerprint density at radius 2 is 1.34 bits per heavy atom. The molecule has 0 saturated heterocycles. The van der Waals surface area contributed by atoms with Crippen molar-refractivity contribution in [3.8, 4) is 22.6 Å². The van der Waals surface area contributed by atoms with Gasteiger partial charge in [0.15, 0.2) is 6.61 Å². The first-order valence-corrected chi connectivity index (χ1v) is 9.31. The van der Waals surface area contributed by atoms with Crippen LogP contribution in [0.5, 0.6) is 11.5 Å². The molecule has 29 heavy (non-hydrogen) atoms. The van der Waals surface area contributed by atoms with E-state index in [0.717, 1.165) is 11.1 Å². The van der Waals surface area contributed by atoms with Gasteiger partial charge in [-0.25, -0.2) is 9.59 Å². The van der Waals surface area contributed by atoms with Crippen molar-refractivity contribution in [2.75, 3.05) is 6.61 Å². The zero-order valence-electron chi connectivity index (χ0n) is 16.3. The van der Waals surface area contributed by atoms with E-state index in [2.05, 4.69) is 0 Å². The van der Waals surface area contributed by atoms with Crippen LogP contribution >= 0.6 is 0 Å². The van der Waals surface area contributed by atoms with Crippen LogP contribution in [0.4, 0.5) is 0 Å². The summed E-state index contributed by atoms with van der Waals surface area (Å²) in [6.07, 6.45) is -0.195. The zero-order chi connectivity index (χ0) is 20.6. The Morgan fingerprint density at radius 1 is 0.759 bits per heavy atom. The van der Waals surface area contributed by atoms with Crippen LogP contribution in [0.1, 0.15) is 24.2 Å². The summed E-state index contributed by atoms with van der Waals surface area (Å²) < 4.78 is 15.8. The van der Waals surface area contributed by atoms with Crippen molar-refractivity contribution < 1.29 is 23.8 Å². The molecule has 3 rings (SSSR count). The minimum Gasteiger partial charge on any atom is -0.482 e. The monoisotopic (exact) mass is 390 g/mol. The summed E-state index contributed by atoms with van der Waals surface area (Å²) in [5.41, 5.74) is 2.57. The molecule has 0 saturated carbocycles. The van der Waals surface area contributed by atoms with E-state index in [1.807, 2.05) is 54.6 Å². The molecule has 5 nitrogen and oxygen atoms in total. The Bertz CT molecular complexity index is 945. The molecule has 3 aromatic rings.